The van der Waals surface area contributed by atoms with Gasteiger partial charge in [-0.1, -0.05) is 0 Å². The third kappa shape index (κ3) is 2.13. The van der Waals surface area contributed by atoms with Crippen LogP contribution in [0.5, 0.6) is 0 Å². The van der Waals surface area contributed by atoms with E-state index in [1.165, 1.54) is 17.0 Å². The fraction of sp³-hybridized carbons (Fsp3) is 0.200. The Bertz CT molecular complexity index is 545. The maximum Gasteiger partial charge on any atom is 0.433 e. The number of hydrogen-bond donors (Lipinski definition) is 0. The van der Waals surface area contributed by atoms with E-state index in [2.05, 4.69) is 9.97 Å². The van der Waals surface area contributed by atoms with Crippen LogP contribution in [-0.2, 0) is 13.2 Å². The second-order valence-electron chi connectivity index (χ2n) is 3.41. The summed E-state index contributed by atoms with van der Waals surface area (Å²) >= 11 is 0. The van der Waals surface area contributed by atoms with Crippen molar-refractivity contribution in [2.75, 3.05) is 0 Å². The van der Waals surface area contributed by atoms with Crippen LogP contribution in [0.2, 0.25) is 0 Å². The lowest BCUT2D eigenvalue weighted by Gasteiger charge is -2.08. The Balaban J connectivity index is 2.58. The number of aryl methyl sites for hydroxylation is 1. The molecule has 0 saturated carbocycles. The van der Waals surface area contributed by atoms with Crippen LogP contribution in [0.4, 0.5) is 17.6 Å². The predicted molar refractivity (Wildman–Crippen MR) is 51.4 cm³/mol. The molecule has 0 bridgehead atoms. The molecule has 0 radical (unpaired) electrons. The maximum absolute atomic E-state index is 13.4. The highest BCUT2D eigenvalue weighted by molar-refractivity contribution is 5.56. The molecule has 0 aromatic carbocycles. The Morgan fingerprint density at radius 2 is 1.94 bits per heavy atom. The van der Waals surface area contributed by atoms with Gasteiger partial charge in [0.2, 0.25) is 0 Å². The van der Waals surface area contributed by atoms with Crippen molar-refractivity contribution in [1.29, 1.82) is 0 Å². The molecule has 0 spiro atoms. The van der Waals surface area contributed by atoms with Gasteiger partial charge in [0.05, 0.1) is 11.8 Å². The van der Waals surface area contributed by atoms with Gasteiger partial charge < -0.3 is 4.57 Å². The summed E-state index contributed by atoms with van der Waals surface area (Å²) in [5, 5.41) is 0. The number of alkyl halides is 3. The van der Waals surface area contributed by atoms with Crippen molar-refractivity contribution in [1.82, 2.24) is 14.5 Å². The SMILES string of the molecule is Cn1ccnc1-c1cc(C(F)(F)F)ncc1F. The van der Waals surface area contributed by atoms with Gasteiger partial charge in [-0.25, -0.2) is 14.4 Å². The summed E-state index contributed by atoms with van der Waals surface area (Å²) in [4.78, 5) is 6.81. The highest BCUT2D eigenvalue weighted by Gasteiger charge is 2.33. The summed E-state index contributed by atoms with van der Waals surface area (Å²) in [7, 11) is 1.56. The Morgan fingerprint density at radius 1 is 1.24 bits per heavy atom. The first-order valence-corrected chi connectivity index (χ1v) is 4.60. The van der Waals surface area contributed by atoms with Crippen molar-refractivity contribution < 1.29 is 17.6 Å². The monoisotopic (exact) mass is 245 g/mol. The quantitative estimate of drug-likeness (QED) is 0.723. The van der Waals surface area contributed by atoms with Crippen LogP contribution in [-0.4, -0.2) is 14.5 Å². The van der Waals surface area contributed by atoms with Crippen LogP contribution >= 0.6 is 0 Å². The minimum atomic E-state index is -4.60. The van der Waals surface area contributed by atoms with Crippen LogP contribution in [0.1, 0.15) is 5.69 Å². The zero-order valence-corrected chi connectivity index (χ0v) is 8.66. The molecule has 2 rings (SSSR count). The molecule has 0 unspecified atom stereocenters. The van der Waals surface area contributed by atoms with E-state index >= 15 is 0 Å². The van der Waals surface area contributed by atoms with E-state index < -0.39 is 17.7 Å². The smallest absolute Gasteiger partial charge is 0.334 e. The molecule has 0 aliphatic carbocycles. The van der Waals surface area contributed by atoms with Gasteiger partial charge in [-0.05, 0) is 6.07 Å². The summed E-state index contributed by atoms with van der Waals surface area (Å²) in [5.41, 5.74) is -1.36. The molecular weight excluding hydrogens is 238 g/mol. The summed E-state index contributed by atoms with van der Waals surface area (Å²) in [6.45, 7) is 0. The topological polar surface area (TPSA) is 30.7 Å². The van der Waals surface area contributed by atoms with E-state index in [-0.39, 0.29) is 11.4 Å². The molecule has 0 aliphatic heterocycles. The standard InChI is InChI=1S/C10H7F4N3/c1-17-3-2-15-9(17)6-4-8(10(12,13)14)16-5-7(6)11/h2-5H,1H3. The Morgan fingerprint density at radius 3 is 2.47 bits per heavy atom. The number of aromatic nitrogens is 3. The normalized spacial score (nSPS) is 11.8. The molecule has 0 atom stereocenters. The summed E-state index contributed by atoms with van der Waals surface area (Å²) < 4.78 is 52.1. The molecule has 3 nitrogen and oxygen atoms in total. The van der Waals surface area contributed by atoms with Gasteiger partial charge in [0.25, 0.3) is 0 Å². The van der Waals surface area contributed by atoms with E-state index in [0.29, 0.717) is 12.3 Å². The fourth-order valence-electron chi connectivity index (χ4n) is 1.39. The lowest BCUT2D eigenvalue weighted by Crippen LogP contribution is -2.09. The second kappa shape index (κ2) is 3.83. The molecule has 0 amide bonds. The largest absolute Gasteiger partial charge is 0.433 e. The van der Waals surface area contributed by atoms with E-state index in [4.69, 9.17) is 0 Å². The first-order valence-electron chi connectivity index (χ1n) is 4.60. The van der Waals surface area contributed by atoms with Gasteiger partial charge in [0.1, 0.15) is 11.5 Å². The number of halogens is 4. The second-order valence-corrected chi connectivity index (χ2v) is 3.41. The number of imidazole rings is 1. The summed E-state index contributed by atoms with van der Waals surface area (Å²) in [6.07, 6.45) is -1.16. The first kappa shape index (κ1) is 11.6. The third-order valence-corrected chi connectivity index (χ3v) is 2.21. The number of pyridine rings is 1. The van der Waals surface area contributed by atoms with E-state index in [1.807, 2.05) is 0 Å². The van der Waals surface area contributed by atoms with Crippen molar-refractivity contribution in [3.8, 4) is 11.4 Å². The lowest BCUT2D eigenvalue weighted by atomic mass is 10.2. The maximum atomic E-state index is 13.4. The van der Waals surface area contributed by atoms with Crippen LogP contribution in [0.25, 0.3) is 11.4 Å². The molecular formula is C10H7F4N3. The van der Waals surface area contributed by atoms with Crippen molar-refractivity contribution in [2.24, 2.45) is 7.05 Å². The van der Waals surface area contributed by atoms with Crippen molar-refractivity contribution in [3.63, 3.8) is 0 Å². The molecule has 2 aromatic rings. The molecule has 90 valence electrons. The molecule has 0 aliphatic rings. The molecule has 0 fully saturated rings. The molecule has 7 heteroatoms. The zero-order valence-electron chi connectivity index (χ0n) is 8.66. The average molecular weight is 245 g/mol. The molecule has 2 heterocycles. The summed E-state index contributed by atoms with van der Waals surface area (Å²) in [5.74, 6) is -0.720. The molecule has 0 saturated heterocycles. The van der Waals surface area contributed by atoms with Crippen LogP contribution in [0.3, 0.4) is 0 Å². The molecule has 0 N–H and O–H groups in total. The minimum absolute atomic E-state index is 0.121. The zero-order chi connectivity index (χ0) is 12.6. The van der Waals surface area contributed by atoms with Crippen LogP contribution in [0, 0.1) is 5.82 Å². The van der Waals surface area contributed by atoms with Gasteiger partial charge in [-0.3, -0.25) is 0 Å². The van der Waals surface area contributed by atoms with E-state index in [9.17, 15) is 17.6 Å². The Kier molecular flexibility index (Phi) is 2.60. The summed E-state index contributed by atoms with van der Waals surface area (Å²) in [6, 6.07) is 0.650. The van der Waals surface area contributed by atoms with E-state index in [0.717, 1.165) is 0 Å². The predicted octanol–water partition coefficient (Wildman–Crippen LogP) is 2.64. The van der Waals surface area contributed by atoms with Crippen LogP contribution in [0.15, 0.2) is 24.7 Å². The van der Waals surface area contributed by atoms with Gasteiger partial charge >= 0.3 is 6.18 Å². The number of nitrogens with zero attached hydrogens (tertiary/aromatic N) is 3. The van der Waals surface area contributed by atoms with Crippen molar-refractivity contribution in [3.05, 3.63) is 36.2 Å². The van der Waals surface area contributed by atoms with Gasteiger partial charge in [0, 0.05) is 19.4 Å². The fourth-order valence-corrected chi connectivity index (χ4v) is 1.39. The third-order valence-electron chi connectivity index (χ3n) is 2.21. The van der Waals surface area contributed by atoms with E-state index in [1.54, 1.807) is 7.05 Å². The number of rotatable bonds is 1. The average Bonchev–Trinajstić information content (AvgIpc) is 2.63. The van der Waals surface area contributed by atoms with Crippen molar-refractivity contribution in [2.45, 2.75) is 6.18 Å². The highest BCUT2D eigenvalue weighted by Crippen LogP contribution is 2.31. The van der Waals surface area contributed by atoms with Gasteiger partial charge in [-0.15, -0.1) is 0 Å². The van der Waals surface area contributed by atoms with Crippen LogP contribution < -0.4 is 0 Å². The first-order chi connectivity index (χ1) is 7.89. The Labute approximate surface area is 93.7 Å². The number of hydrogen-bond acceptors (Lipinski definition) is 2. The van der Waals surface area contributed by atoms with Gasteiger partial charge in [-0.2, -0.15) is 13.2 Å². The minimum Gasteiger partial charge on any atom is -0.334 e. The molecule has 17 heavy (non-hydrogen) atoms. The highest BCUT2D eigenvalue weighted by atomic mass is 19.4. The lowest BCUT2D eigenvalue weighted by molar-refractivity contribution is -0.141. The van der Waals surface area contributed by atoms with Gasteiger partial charge in [0.15, 0.2) is 5.82 Å². The molecule has 2 aromatic heterocycles. The Hall–Kier alpha value is -1.92. The van der Waals surface area contributed by atoms with Crippen molar-refractivity contribution >= 4 is 0 Å².